The maximum atomic E-state index is 5.39. The average Bonchev–Trinajstić information content (AvgIpc) is 3.28. The summed E-state index contributed by atoms with van der Waals surface area (Å²) in [6.45, 7) is 2.73. The number of thiophene rings is 1. The van der Waals surface area contributed by atoms with Crippen LogP contribution in [-0.4, -0.2) is 52.3 Å². The van der Waals surface area contributed by atoms with Gasteiger partial charge in [-0.05, 0) is 61.5 Å². The van der Waals surface area contributed by atoms with Gasteiger partial charge in [0.05, 0.1) is 14.2 Å². The van der Waals surface area contributed by atoms with E-state index in [4.69, 9.17) is 9.47 Å². The molecule has 158 valence electrons. The zero-order chi connectivity index (χ0) is 20.6. The summed E-state index contributed by atoms with van der Waals surface area (Å²) in [4.78, 5) is 8.34. The Morgan fingerprint density at radius 2 is 2.03 bits per heavy atom. The Balaban J connectivity index is 1.57. The van der Waals surface area contributed by atoms with E-state index in [1.54, 1.807) is 14.2 Å². The lowest BCUT2D eigenvalue weighted by molar-refractivity contribution is 0.125. The molecule has 0 aliphatic carbocycles. The van der Waals surface area contributed by atoms with Crippen molar-refractivity contribution in [3.8, 4) is 11.5 Å². The number of piperidine rings is 1. The number of benzene rings is 1. The van der Waals surface area contributed by atoms with Crippen molar-refractivity contribution in [3.63, 3.8) is 0 Å². The quantitative estimate of drug-likeness (QED) is 0.534. The number of nitrogens with one attached hydrogen (secondary N) is 2. The number of guanidine groups is 1. The van der Waals surface area contributed by atoms with Crippen molar-refractivity contribution in [1.82, 2.24) is 15.5 Å². The first-order chi connectivity index (χ1) is 14.2. The van der Waals surface area contributed by atoms with E-state index in [0.29, 0.717) is 18.5 Å². The van der Waals surface area contributed by atoms with E-state index in [9.17, 15) is 0 Å². The topological polar surface area (TPSA) is 58.1 Å². The molecule has 2 aromatic rings. The number of hydrogen-bond donors (Lipinski definition) is 2. The highest BCUT2D eigenvalue weighted by atomic mass is 32.1. The van der Waals surface area contributed by atoms with Crippen LogP contribution in [0.3, 0.4) is 0 Å². The molecule has 0 amide bonds. The number of ether oxygens (including phenoxy) is 2. The van der Waals surface area contributed by atoms with Crippen molar-refractivity contribution < 1.29 is 9.47 Å². The number of nitrogens with zero attached hydrogens (tertiary/aromatic N) is 2. The molecule has 6 nitrogen and oxygen atoms in total. The molecule has 29 heavy (non-hydrogen) atoms. The summed E-state index contributed by atoms with van der Waals surface area (Å²) in [5.41, 5.74) is 1.11. The summed E-state index contributed by atoms with van der Waals surface area (Å²) in [7, 11) is 7.35. The smallest absolute Gasteiger partial charge is 0.191 e. The third-order valence-electron chi connectivity index (χ3n) is 5.51. The molecular formula is C22H32N4O2S. The monoisotopic (exact) mass is 416 g/mol. The summed E-state index contributed by atoms with van der Waals surface area (Å²) >= 11 is 1.85. The Bertz CT molecular complexity index is 794. The van der Waals surface area contributed by atoms with Crippen molar-refractivity contribution in [2.45, 2.75) is 25.4 Å². The summed E-state index contributed by atoms with van der Waals surface area (Å²) in [6, 6.07) is 10.8. The van der Waals surface area contributed by atoms with Crippen LogP contribution in [0.5, 0.6) is 11.5 Å². The number of hydrogen-bond acceptors (Lipinski definition) is 5. The SMILES string of the molecule is CN=C(NCc1ccc(OC)c(OC)c1)NCC1CCCN(C)C1c1cccs1. The minimum Gasteiger partial charge on any atom is -0.493 e. The lowest BCUT2D eigenvalue weighted by Gasteiger charge is -2.39. The minimum absolute atomic E-state index is 0.472. The van der Waals surface area contributed by atoms with Crippen molar-refractivity contribution in [1.29, 1.82) is 0 Å². The van der Waals surface area contributed by atoms with Crippen molar-refractivity contribution in [2.24, 2.45) is 10.9 Å². The Kier molecular flexibility index (Phi) is 7.77. The van der Waals surface area contributed by atoms with Gasteiger partial charge in [0, 0.05) is 31.1 Å². The molecule has 1 aromatic carbocycles. The first kappa shape index (κ1) is 21.5. The second kappa shape index (κ2) is 10.5. The van der Waals surface area contributed by atoms with Crippen LogP contribution in [0.2, 0.25) is 0 Å². The second-order valence-corrected chi connectivity index (χ2v) is 8.32. The molecule has 3 rings (SSSR count). The van der Waals surface area contributed by atoms with E-state index in [2.05, 4.69) is 45.1 Å². The number of methoxy groups -OCH3 is 2. The molecule has 2 heterocycles. The Morgan fingerprint density at radius 1 is 1.21 bits per heavy atom. The van der Waals surface area contributed by atoms with Gasteiger partial charge in [0.25, 0.3) is 0 Å². The highest BCUT2D eigenvalue weighted by Crippen LogP contribution is 2.36. The predicted molar refractivity (Wildman–Crippen MR) is 120 cm³/mol. The van der Waals surface area contributed by atoms with Gasteiger partial charge in [0.2, 0.25) is 0 Å². The highest BCUT2D eigenvalue weighted by Gasteiger charge is 2.31. The van der Waals surface area contributed by atoms with Crippen LogP contribution in [0, 0.1) is 5.92 Å². The molecule has 0 radical (unpaired) electrons. The standard InChI is InChI=1S/C22H32N4O2S/c1-23-22(24-14-16-9-10-18(27-3)19(13-16)28-4)25-15-17-7-5-11-26(2)21(17)20-8-6-12-29-20/h6,8-10,12-13,17,21H,5,7,11,14-15H2,1-4H3,(H2,23,24,25). The first-order valence-corrected chi connectivity index (χ1v) is 10.9. The highest BCUT2D eigenvalue weighted by molar-refractivity contribution is 7.10. The minimum atomic E-state index is 0.472. The Hall–Kier alpha value is -2.25. The summed E-state index contributed by atoms with van der Waals surface area (Å²) < 4.78 is 10.7. The van der Waals surface area contributed by atoms with Crippen molar-refractivity contribution in [2.75, 3.05) is 41.4 Å². The maximum absolute atomic E-state index is 5.39. The number of likely N-dealkylation sites (tertiary alicyclic amines) is 1. The molecule has 2 N–H and O–H groups in total. The third kappa shape index (κ3) is 5.42. The maximum Gasteiger partial charge on any atom is 0.191 e. The molecule has 1 aliphatic rings. The van der Waals surface area contributed by atoms with Crippen molar-refractivity contribution in [3.05, 3.63) is 46.2 Å². The van der Waals surface area contributed by atoms with Gasteiger partial charge in [-0.3, -0.25) is 9.89 Å². The predicted octanol–water partition coefficient (Wildman–Crippen LogP) is 3.51. The van der Waals surface area contributed by atoms with Crippen LogP contribution in [0.1, 0.15) is 29.3 Å². The molecule has 1 aliphatic heterocycles. The third-order valence-corrected chi connectivity index (χ3v) is 6.45. The molecule has 1 aromatic heterocycles. The van der Waals surface area contributed by atoms with Gasteiger partial charge in [-0.15, -0.1) is 11.3 Å². The van der Waals surface area contributed by atoms with Crippen LogP contribution in [0.4, 0.5) is 0 Å². The molecular weight excluding hydrogens is 384 g/mol. The fourth-order valence-electron chi connectivity index (χ4n) is 4.01. The molecule has 1 saturated heterocycles. The van der Waals surface area contributed by atoms with Gasteiger partial charge in [-0.25, -0.2) is 0 Å². The number of aliphatic imine (C=N–C) groups is 1. The molecule has 0 bridgehead atoms. The zero-order valence-electron chi connectivity index (χ0n) is 17.8. The van der Waals surface area contributed by atoms with E-state index >= 15 is 0 Å². The fraction of sp³-hybridized carbons (Fsp3) is 0.500. The normalized spacial score (nSPS) is 20.3. The van der Waals surface area contributed by atoms with E-state index in [-0.39, 0.29) is 0 Å². The van der Waals surface area contributed by atoms with Gasteiger partial charge in [-0.2, -0.15) is 0 Å². The van der Waals surface area contributed by atoms with Crippen LogP contribution >= 0.6 is 11.3 Å². The Morgan fingerprint density at radius 3 is 2.72 bits per heavy atom. The van der Waals surface area contributed by atoms with Gasteiger partial charge >= 0.3 is 0 Å². The van der Waals surface area contributed by atoms with E-state index < -0.39 is 0 Å². The van der Waals surface area contributed by atoms with E-state index in [1.165, 1.54) is 17.7 Å². The molecule has 2 unspecified atom stereocenters. The van der Waals surface area contributed by atoms with Crippen LogP contribution in [0.25, 0.3) is 0 Å². The average molecular weight is 417 g/mol. The Labute approximate surface area is 177 Å². The first-order valence-electron chi connectivity index (χ1n) is 10.0. The second-order valence-electron chi connectivity index (χ2n) is 7.34. The lowest BCUT2D eigenvalue weighted by atomic mass is 9.88. The van der Waals surface area contributed by atoms with Gasteiger partial charge in [0.1, 0.15) is 0 Å². The van der Waals surface area contributed by atoms with Crippen LogP contribution < -0.4 is 20.1 Å². The van der Waals surface area contributed by atoms with Crippen molar-refractivity contribution >= 4 is 17.3 Å². The van der Waals surface area contributed by atoms with Gasteiger partial charge < -0.3 is 20.1 Å². The molecule has 1 fully saturated rings. The molecule has 0 saturated carbocycles. The molecule has 7 heteroatoms. The fourth-order valence-corrected chi connectivity index (χ4v) is 4.99. The largest absolute Gasteiger partial charge is 0.493 e. The summed E-state index contributed by atoms with van der Waals surface area (Å²) in [5, 5.41) is 9.11. The lowest BCUT2D eigenvalue weighted by Crippen LogP contribution is -2.44. The van der Waals surface area contributed by atoms with Gasteiger partial charge in [0.15, 0.2) is 17.5 Å². The number of rotatable bonds is 7. The van der Waals surface area contributed by atoms with Crippen LogP contribution in [0.15, 0.2) is 40.7 Å². The summed E-state index contributed by atoms with van der Waals surface area (Å²) in [5.74, 6) is 2.85. The van der Waals surface area contributed by atoms with E-state index in [1.807, 2.05) is 36.6 Å². The summed E-state index contributed by atoms with van der Waals surface area (Å²) in [6.07, 6.45) is 2.47. The molecule has 2 atom stereocenters. The van der Waals surface area contributed by atoms with E-state index in [0.717, 1.165) is 36.1 Å². The molecule has 0 spiro atoms. The van der Waals surface area contributed by atoms with Gasteiger partial charge in [-0.1, -0.05) is 12.1 Å². The zero-order valence-corrected chi connectivity index (χ0v) is 18.6. The van der Waals surface area contributed by atoms with Crippen LogP contribution in [-0.2, 0) is 6.54 Å².